The van der Waals surface area contributed by atoms with Crippen molar-refractivity contribution in [3.05, 3.63) is 29.8 Å². The number of hydrogen-bond donors (Lipinski definition) is 1. The molecule has 1 aromatic carbocycles. The first kappa shape index (κ1) is 9.06. The normalized spacial score (nSPS) is 17.5. The van der Waals surface area contributed by atoms with Gasteiger partial charge in [-0.05, 0) is 37.4 Å². The maximum Gasteiger partial charge on any atom is 0.0405 e. The highest BCUT2D eigenvalue weighted by atomic mass is 32.2. The van der Waals surface area contributed by atoms with E-state index in [1.54, 1.807) is 11.9 Å². The monoisotopic (exact) mass is 194 g/mol. The van der Waals surface area contributed by atoms with Crippen molar-refractivity contribution < 1.29 is 0 Å². The number of nitrogens with zero attached hydrogens (tertiary/aromatic N) is 1. The van der Waals surface area contributed by atoms with Gasteiger partial charge in [-0.2, -0.15) is 4.83 Å². The van der Waals surface area contributed by atoms with E-state index in [0.29, 0.717) is 6.04 Å². The third-order valence-corrected chi connectivity index (χ3v) is 3.15. The lowest BCUT2D eigenvalue weighted by Gasteiger charge is -2.31. The van der Waals surface area contributed by atoms with Crippen LogP contribution in [0.5, 0.6) is 0 Å². The van der Waals surface area contributed by atoms with Crippen LogP contribution in [-0.2, 0) is 6.54 Å². The number of fused-ring (bicyclic) bond motifs is 1. The van der Waals surface area contributed by atoms with Gasteiger partial charge in [0.15, 0.2) is 0 Å². The number of rotatable bonds is 1. The summed E-state index contributed by atoms with van der Waals surface area (Å²) in [6.45, 7) is 5.39. The number of benzene rings is 1. The molecule has 0 aliphatic carbocycles. The van der Waals surface area contributed by atoms with Crippen LogP contribution in [-0.4, -0.2) is 11.1 Å². The van der Waals surface area contributed by atoms with Crippen molar-refractivity contribution >= 4 is 11.9 Å². The van der Waals surface area contributed by atoms with Gasteiger partial charge in [0.25, 0.3) is 0 Å². The van der Waals surface area contributed by atoms with Gasteiger partial charge < -0.3 is 0 Å². The molecule has 0 saturated carbocycles. The van der Waals surface area contributed by atoms with Gasteiger partial charge >= 0.3 is 0 Å². The maximum absolute atomic E-state index is 3.32. The average molecular weight is 194 g/mol. The van der Waals surface area contributed by atoms with Crippen molar-refractivity contribution in [1.82, 2.24) is 9.84 Å². The van der Waals surface area contributed by atoms with Crippen LogP contribution in [0.1, 0.15) is 19.4 Å². The Kier molecular flexibility index (Phi) is 2.58. The molecule has 3 heteroatoms. The molecule has 0 spiro atoms. The van der Waals surface area contributed by atoms with E-state index < -0.39 is 0 Å². The molecule has 0 saturated heterocycles. The molecule has 2 nitrogen and oxygen atoms in total. The van der Waals surface area contributed by atoms with Crippen LogP contribution in [0.3, 0.4) is 0 Å². The van der Waals surface area contributed by atoms with Crippen LogP contribution in [0.15, 0.2) is 29.2 Å². The van der Waals surface area contributed by atoms with Crippen molar-refractivity contribution in [2.24, 2.45) is 0 Å². The molecule has 1 N–H and O–H groups in total. The Morgan fingerprint density at radius 3 is 2.92 bits per heavy atom. The summed E-state index contributed by atoms with van der Waals surface area (Å²) < 4.78 is 0. The van der Waals surface area contributed by atoms with Crippen LogP contribution < -0.4 is 4.83 Å². The Balaban J connectivity index is 2.20. The molecule has 13 heavy (non-hydrogen) atoms. The SMILES string of the molecule is CC(C)N1Cc2ccccc2SN1. The van der Waals surface area contributed by atoms with E-state index in [1.807, 2.05) is 0 Å². The number of nitrogens with one attached hydrogen (secondary N) is 1. The summed E-state index contributed by atoms with van der Waals surface area (Å²) in [7, 11) is 0. The summed E-state index contributed by atoms with van der Waals surface area (Å²) in [5.41, 5.74) is 1.42. The molecule has 0 atom stereocenters. The molecule has 2 rings (SSSR count). The second-order valence-electron chi connectivity index (χ2n) is 3.52. The summed E-state index contributed by atoms with van der Waals surface area (Å²) in [5.74, 6) is 0. The molecular weight excluding hydrogens is 180 g/mol. The fraction of sp³-hybridized carbons (Fsp3) is 0.400. The lowest BCUT2D eigenvalue weighted by atomic mass is 10.2. The molecule has 1 aliphatic heterocycles. The predicted molar refractivity (Wildman–Crippen MR) is 56.1 cm³/mol. The fourth-order valence-electron chi connectivity index (χ4n) is 1.35. The third kappa shape index (κ3) is 1.88. The highest BCUT2D eigenvalue weighted by Gasteiger charge is 2.17. The van der Waals surface area contributed by atoms with Crippen LogP contribution in [0.25, 0.3) is 0 Å². The molecule has 1 aromatic rings. The van der Waals surface area contributed by atoms with E-state index >= 15 is 0 Å². The summed E-state index contributed by atoms with van der Waals surface area (Å²) in [5, 5.41) is 2.24. The van der Waals surface area contributed by atoms with E-state index in [-0.39, 0.29) is 0 Å². The van der Waals surface area contributed by atoms with Crippen molar-refractivity contribution in [1.29, 1.82) is 0 Å². The van der Waals surface area contributed by atoms with E-state index in [9.17, 15) is 0 Å². The number of hydrogen-bond acceptors (Lipinski definition) is 3. The van der Waals surface area contributed by atoms with Gasteiger partial charge in [-0.1, -0.05) is 18.2 Å². The van der Waals surface area contributed by atoms with Crippen LogP contribution in [0, 0.1) is 0 Å². The molecule has 1 aliphatic rings. The molecule has 0 amide bonds. The zero-order chi connectivity index (χ0) is 9.26. The molecule has 0 fully saturated rings. The van der Waals surface area contributed by atoms with Gasteiger partial charge in [0.05, 0.1) is 0 Å². The Bertz CT molecular complexity index is 299. The van der Waals surface area contributed by atoms with Gasteiger partial charge in [0, 0.05) is 17.5 Å². The van der Waals surface area contributed by atoms with Gasteiger partial charge in [0.1, 0.15) is 0 Å². The second-order valence-corrected chi connectivity index (χ2v) is 4.35. The third-order valence-electron chi connectivity index (χ3n) is 2.21. The van der Waals surface area contributed by atoms with Crippen LogP contribution >= 0.6 is 11.9 Å². The molecule has 70 valence electrons. The minimum atomic E-state index is 0.542. The van der Waals surface area contributed by atoms with Gasteiger partial charge in [-0.25, -0.2) is 5.01 Å². The van der Waals surface area contributed by atoms with Gasteiger partial charge in [0.2, 0.25) is 0 Å². The van der Waals surface area contributed by atoms with E-state index in [4.69, 9.17) is 0 Å². The summed E-state index contributed by atoms with van der Waals surface area (Å²) >= 11 is 1.70. The Hall–Kier alpha value is -0.510. The summed E-state index contributed by atoms with van der Waals surface area (Å²) in [4.78, 5) is 4.67. The zero-order valence-corrected chi connectivity index (χ0v) is 8.77. The molecule has 1 heterocycles. The summed E-state index contributed by atoms with van der Waals surface area (Å²) in [6, 6.07) is 9.08. The van der Waals surface area contributed by atoms with Gasteiger partial charge in [-0.3, -0.25) is 0 Å². The topological polar surface area (TPSA) is 15.3 Å². The largest absolute Gasteiger partial charge is 0.227 e. The smallest absolute Gasteiger partial charge is 0.0405 e. The lowest BCUT2D eigenvalue weighted by Crippen LogP contribution is -2.40. The van der Waals surface area contributed by atoms with E-state index in [0.717, 1.165) is 6.54 Å². The first-order chi connectivity index (χ1) is 6.27. The highest BCUT2D eigenvalue weighted by molar-refractivity contribution is 7.97. The molecule has 0 radical (unpaired) electrons. The standard InChI is InChI=1S/C10H14N2S/c1-8(2)12-7-9-5-3-4-6-10(9)13-11-12/h3-6,8,11H,7H2,1-2H3. The summed E-state index contributed by atoms with van der Waals surface area (Å²) in [6.07, 6.45) is 0. The molecular formula is C10H14N2S. The molecule has 0 bridgehead atoms. The maximum atomic E-state index is 3.32. The first-order valence-electron chi connectivity index (χ1n) is 4.54. The van der Waals surface area contributed by atoms with Crippen molar-refractivity contribution in [3.8, 4) is 0 Å². The van der Waals surface area contributed by atoms with Crippen molar-refractivity contribution in [2.75, 3.05) is 0 Å². The minimum absolute atomic E-state index is 0.542. The highest BCUT2D eigenvalue weighted by Crippen LogP contribution is 2.26. The Morgan fingerprint density at radius 2 is 2.15 bits per heavy atom. The fourth-order valence-corrected chi connectivity index (χ4v) is 2.25. The van der Waals surface area contributed by atoms with Crippen molar-refractivity contribution in [3.63, 3.8) is 0 Å². The molecule has 0 aromatic heterocycles. The zero-order valence-electron chi connectivity index (χ0n) is 7.95. The Morgan fingerprint density at radius 1 is 1.38 bits per heavy atom. The van der Waals surface area contributed by atoms with Crippen molar-refractivity contribution in [2.45, 2.75) is 31.3 Å². The lowest BCUT2D eigenvalue weighted by molar-refractivity contribution is 0.182. The minimum Gasteiger partial charge on any atom is -0.227 e. The first-order valence-corrected chi connectivity index (χ1v) is 5.36. The van der Waals surface area contributed by atoms with Gasteiger partial charge in [-0.15, -0.1) is 0 Å². The van der Waals surface area contributed by atoms with E-state index in [2.05, 4.69) is 48.0 Å². The van der Waals surface area contributed by atoms with E-state index in [1.165, 1.54) is 10.5 Å². The quantitative estimate of drug-likeness (QED) is 0.691. The molecule has 0 unspecified atom stereocenters. The van der Waals surface area contributed by atoms with Crippen LogP contribution in [0.4, 0.5) is 0 Å². The second kappa shape index (κ2) is 3.70. The number of hydrazine groups is 1. The predicted octanol–water partition coefficient (Wildman–Crippen LogP) is 2.42. The van der Waals surface area contributed by atoms with Crippen LogP contribution in [0.2, 0.25) is 0 Å². The Labute approximate surface area is 83.4 Å². The average Bonchev–Trinajstić information content (AvgIpc) is 2.17.